The average Bonchev–Trinajstić information content (AvgIpc) is 3.29. The van der Waals surface area contributed by atoms with Crippen molar-refractivity contribution in [2.45, 2.75) is 63.4 Å². The number of piperidine rings is 1. The lowest BCUT2D eigenvalue weighted by molar-refractivity contribution is -0.139. The van der Waals surface area contributed by atoms with E-state index in [1.165, 1.54) is 17.9 Å². The molecule has 1 saturated heterocycles. The van der Waals surface area contributed by atoms with Gasteiger partial charge in [-0.15, -0.1) is 11.3 Å². The minimum Gasteiger partial charge on any atom is -0.386 e. The van der Waals surface area contributed by atoms with Crippen LogP contribution >= 0.6 is 22.9 Å². The van der Waals surface area contributed by atoms with Crippen LogP contribution in [0.3, 0.4) is 0 Å². The molecule has 0 amide bonds. The van der Waals surface area contributed by atoms with Gasteiger partial charge in [-0.25, -0.2) is 4.98 Å². The van der Waals surface area contributed by atoms with Crippen LogP contribution in [-0.4, -0.2) is 38.8 Å². The molecule has 3 atom stereocenters. The molecule has 5 rings (SSSR count). The zero-order valence-corrected chi connectivity index (χ0v) is 16.5. The van der Waals surface area contributed by atoms with Crippen molar-refractivity contribution >= 4 is 22.9 Å². The first-order valence-corrected chi connectivity index (χ1v) is 10.6. The number of hydrogen-bond acceptors (Lipinski definition) is 5. The highest BCUT2D eigenvalue weighted by Crippen LogP contribution is 2.50. The van der Waals surface area contributed by atoms with Crippen molar-refractivity contribution in [1.29, 1.82) is 0 Å². The van der Waals surface area contributed by atoms with Crippen molar-refractivity contribution in [3.63, 3.8) is 0 Å². The van der Waals surface area contributed by atoms with E-state index in [-0.39, 0.29) is 5.60 Å². The van der Waals surface area contributed by atoms with Crippen molar-refractivity contribution in [3.8, 4) is 0 Å². The van der Waals surface area contributed by atoms with Gasteiger partial charge in [0, 0.05) is 48.7 Å². The molecule has 0 aliphatic carbocycles. The van der Waals surface area contributed by atoms with E-state index in [4.69, 9.17) is 21.3 Å². The number of fused-ring (bicyclic) bond motifs is 3. The van der Waals surface area contributed by atoms with Crippen LogP contribution in [0.15, 0.2) is 12.3 Å². The zero-order valence-electron chi connectivity index (χ0n) is 14.9. The largest absolute Gasteiger partial charge is 0.386 e. The highest BCUT2D eigenvalue weighted by molar-refractivity contribution is 7.16. The van der Waals surface area contributed by atoms with E-state index >= 15 is 0 Å². The van der Waals surface area contributed by atoms with Gasteiger partial charge in [0.25, 0.3) is 0 Å². The predicted molar refractivity (Wildman–Crippen MR) is 102 cm³/mol. The molecule has 0 radical (unpaired) electrons. The molecule has 1 fully saturated rings. The molecule has 0 saturated carbocycles. The molecular weight excluding hydrogens is 370 g/mol. The molecule has 3 aliphatic heterocycles. The van der Waals surface area contributed by atoms with Crippen LogP contribution in [-0.2, 0) is 29.8 Å². The fourth-order valence-corrected chi connectivity index (χ4v) is 6.27. The number of rotatable bonds is 2. The first kappa shape index (κ1) is 17.2. The van der Waals surface area contributed by atoms with E-state index < -0.39 is 6.10 Å². The third kappa shape index (κ3) is 2.74. The van der Waals surface area contributed by atoms with Crippen molar-refractivity contribution in [3.05, 3.63) is 38.6 Å². The summed E-state index contributed by atoms with van der Waals surface area (Å²) in [5.74, 6) is 1.24. The normalized spacial score (nSPS) is 31.3. The highest BCUT2D eigenvalue weighted by atomic mass is 35.5. The van der Waals surface area contributed by atoms with Gasteiger partial charge in [-0.05, 0) is 32.3 Å². The quantitative estimate of drug-likeness (QED) is 0.848. The molecule has 7 heteroatoms. The third-order valence-electron chi connectivity index (χ3n) is 6.15. The van der Waals surface area contributed by atoms with Crippen LogP contribution < -0.4 is 0 Å². The minimum absolute atomic E-state index is 0.293. The number of aromatic nitrogens is 2. The number of halogens is 1. The van der Waals surface area contributed by atoms with Crippen LogP contribution in [0.2, 0.25) is 4.34 Å². The van der Waals surface area contributed by atoms with Crippen molar-refractivity contribution in [2.24, 2.45) is 0 Å². The summed E-state index contributed by atoms with van der Waals surface area (Å²) < 4.78 is 9.27. The van der Waals surface area contributed by atoms with E-state index in [1.54, 1.807) is 11.3 Å². The molecule has 140 valence electrons. The smallest absolute Gasteiger partial charge is 0.109 e. The topological polar surface area (TPSA) is 50.5 Å². The molecule has 2 aromatic rings. The molecule has 0 aromatic carbocycles. The lowest BCUT2D eigenvalue weighted by Crippen LogP contribution is -2.50. The molecule has 5 heterocycles. The van der Waals surface area contributed by atoms with Gasteiger partial charge in [0.1, 0.15) is 17.5 Å². The van der Waals surface area contributed by atoms with Gasteiger partial charge in [-0.3, -0.25) is 4.90 Å². The van der Waals surface area contributed by atoms with Crippen LogP contribution in [0, 0.1) is 0 Å². The molecule has 1 N–H and O–H groups in total. The fraction of sp³-hybridized carbons (Fsp3) is 0.632. The Morgan fingerprint density at radius 2 is 2.35 bits per heavy atom. The number of aliphatic hydroxyl groups is 1. The lowest BCUT2D eigenvalue weighted by Gasteiger charge is -2.47. The van der Waals surface area contributed by atoms with E-state index in [1.807, 2.05) is 6.07 Å². The molecule has 3 aliphatic rings. The van der Waals surface area contributed by atoms with Gasteiger partial charge in [-0.1, -0.05) is 11.6 Å². The second-order valence-electron chi connectivity index (χ2n) is 7.88. The summed E-state index contributed by atoms with van der Waals surface area (Å²) in [6.45, 7) is 5.61. The zero-order chi connectivity index (χ0) is 17.9. The summed E-state index contributed by atoms with van der Waals surface area (Å²) in [6, 6.07) is 2.31. The molecule has 26 heavy (non-hydrogen) atoms. The van der Waals surface area contributed by atoms with E-state index in [0.717, 1.165) is 53.7 Å². The SMILES string of the molecule is C[C@H]1C[C@@]2(CCN1Cc1cn3c(n1)CCC3)OC[C@H](O)c1cc(Cl)sc12. The average molecular weight is 394 g/mol. The molecule has 1 spiro atoms. The van der Waals surface area contributed by atoms with Gasteiger partial charge in [-0.2, -0.15) is 0 Å². The van der Waals surface area contributed by atoms with Crippen molar-refractivity contribution in [1.82, 2.24) is 14.5 Å². The van der Waals surface area contributed by atoms with Crippen molar-refractivity contribution < 1.29 is 9.84 Å². The first-order chi connectivity index (χ1) is 12.5. The molecule has 2 aromatic heterocycles. The molecule has 0 bridgehead atoms. The fourth-order valence-electron chi connectivity index (χ4n) is 4.79. The number of hydrogen-bond donors (Lipinski definition) is 1. The number of nitrogens with zero attached hydrogens (tertiary/aromatic N) is 3. The Balaban J connectivity index is 1.34. The summed E-state index contributed by atoms with van der Waals surface area (Å²) in [7, 11) is 0. The second kappa shape index (κ2) is 6.31. The Bertz CT molecular complexity index is 813. The van der Waals surface area contributed by atoms with E-state index in [2.05, 4.69) is 22.6 Å². The van der Waals surface area contributed by atoms with E-state index in [9.17, 15) is 5.11 Å². The maximum absolute atomic E-state index is 10.3. The van der Waals surface area contributed by atoms with Gasteiger partial charge in [0.05, 0.1) is 16.6 Å². The second-order valence-corrected chi connectivity index (χ2v) is 9.56. The van der Waals surface area contributed by atoms with Crippen LogP contribution in [0.1, 0.15) is 54.2 Å². The van der Waals surface area contributed by atoms with Gasteiger partial charge in [0.15, 0.2) is 0 Å². The summed E-state index contributed by atoms with van der Waals surface area (Å²) in [5, 5.41) is 10.3. The maximum atomic E-state index is 10.3. The number of thiophene rings is 1. The van der Waals surface area contributed by atoms with Crippen LogP contribution in [0.4, 0.5) is 0 Å². The predicted octanol–water partition coefficient (Wildman–Crippen LogP) is 3.49. The summed E-state index contributed by atoms with van der Waals surface area (Å²) in [4.78, 5) is 8.45. The number of likely N-dealkylation sites (tertiary alicyclic amines) is 1. The minimum atomic E-state index is -0.555. The standard InChI is InChI=1S/C19H24ClN3O2S/c1-12-8-19(18-14(7-16(20)26-18)15(24)11-25-19)4-6-22(12)9-13-10-23-5-2-3-17(23)21-13/h7,10,12,15,24H,2-6,8-9,11H2,1H3/t12-,15-,19+/m0/s1. The van der Waals surface area contributed by atoms with Crippen molar-refractivity contribution in [2.75, 3.05) is 13.2 Å². The molecule has 0 unspecified atom stereocenters. The molecular formula is C19H24ClN3O2S. The van der Waals surface area contributed by atoms with Gasteiger partial charge in [0.2, 0.25) is 0 Å². The maximum Gasteiger partial charge on any atom is 0.109 e. The lowest BCUT2D eigenvalue weighted by atomic mass is 9.81. The highest BCUT2D eigenvalue weighted by Gasteiger charge is 2.46. The van der Waals surface area contributed by atoms with E-state index in [0.29, 0.717) is 12.6 Å². The number of aryl methyl sites for hydroxylation is 2. The Hall–Kier alpha value is -0.920. The number of ether oxygens (including phenoxy) is 1. The summed E-state index contributed by atoms with van der Waals surface area (Å²) >= 11 is 7.83. The number of imidazole rings is 1. The first-order valence-electron chi connectivity index (χ1n) is 9.45. The Morgan fingerprint density at radius 1 is 1.46 bits per heavy atom. The van der Waals surface area contributed by atoms with Gasteiger partial charge < -0.3 is 14.4 Å². The summed E-state index contributed by atoms with van der Waals surface area (Å²) in [6.07, 6.45) is 5.86. The van der Waals surface area contributed by atoms with Gasteiger partial charge >= 0.3 is 0 Å². The Morgan fingerprint density at radius 3 is 3.15 bits per heavy atom. The monoisotopic (exact) mass is 393 g/mol. The Labute approximate surface area is 162 Å². The third-order valence-corrected chi connectivity index (χ3v) is 7.61. The number of aliphatic hydroxyl groups excluding tert-OH is 1. The Kier molecular flexibility index (Phi) is 4.17. The van der Waals surface area contributed by atoms with Crippen LogP contribution in [0.5, 0.6) is 0 Å². The summed E-state index contributed by atoms with van der Waals surface area (Å²) in [5.41, 5.74) is 1.86. The van der Waals surface area contributed by atoms with Crippen LogP contribution in [0.25, 0.3) is 0 Å². The molecule has 5 nitrogen and oxygen atoms in total.